The van der Waals surface area contributed by atoms with Gasteiger partial charge in [-0.1, -0.05) is 17.7 Å². The van der Waals surface area contributed by atoms with Gasteiger partial charge in [-0.2, -0.15) is 0 Å². The second-order valence-corrected chi connectivity index (χ2v) is 5.19. The molecule has 0 aliphatic heterocycles. The van der Waals surface area contributed by atoms with Crippen molar-refractivity contribution >= 4 is 11.9 Å². The second-order valence-electron chi connectivity index (χ2n) is 5.19. The first-order valence-electron chi connectivity index (χ1n) is 5.83. The molecular weight excluding hydrogens is 230 g/mol. The fourth-order valence-electron chi connectivity index (χ4n) is 1.45. The molecule has 0 radical (unpaired) electrons. The molecule has 0 aliphatic rings. The predicted octanol–water partition coefficient (Wildman–Crippen LogP) is 2.14. The summed E-state index contributed by atoms with van der Waals surface area (Å²) >= 11 is 0. The number of carboxylic acid groups (broad SMARTS) is 1. The summed E-state index contributed by atoms with van der Waals surface area (Å²) < 4.78 is 0. The molecule has 0 fully saturated rings. The van der Waals surface area contributed by atoms with E-state index in [1.54, 1.807) is 19.9 Å². The average molecular weight is 249 g/mol. The Bertz CT molecular complexity index is 478. The fraction of sp³-hybridized carbons (Fsp3) is 0.429. The Kier molecular flexibility index (Phi) is 4.11. The van der Waals surface area contributed by atoms with Gasteiger partial charge >= 0.3 is 5.97 Å². The highest BCUT2D eigenvalue weighted by Crippen LogP contribution is 2.15. The molecule has 0 unspecified atom stereocenters. The Hall–Kier alpha value is -1.84. The van der Waals surface area contributed by atoms with Crippen LogP contribution >= 0.6 is 0 Å². The van der Waals surface area contributed by atoms with Gasteiger partial charge in [-0.3, -0.25) is 9.59 Å². The van der Waals surface area contributed by atoms with E-state index in [1.807, 2.05) is 26.0 Å². The van der Waals surface area contributed by atoms with Gasteiger partial charge in [0.2, 0.25) is 0 Å². The van der Waals surface area contributed by atoms with Crippen LogP contribution in [0.2, 0.25) is 0 Å². The van der Waals surface area contributed by atoms with E-state index in [-0.39, 0.29) is 12.5 Å². The predicted molar refractivity (Wildman–Crippen MR) is 69.7 cm³/mol. The van der Waals surface area contributed by atoms with Crippen LogP contribution in [-0.2, 0) is 4.79 Å². The zero-order valence-electron chi connectivity index (χ0n) is 11.2. The Balaban J connectivity index is 2.78. The van der Waals surface area contributed by atoms with Gasteiger partial charge in [0.05, 0.1) is 5.41 Å². The summed E-state index contributed by atoms with van der Waals surface area (Å²) in [4.78, 5) is 22.9. The normalized spacial score (nSPS) is 11.1. The number of carbonyl (C=O) groups is 2. The quantitative estimate of drug-likeness (QED) is 0.859. The van der Waals surface area contributed by atoms with Gasteiger partial charge in [-0.15, -0.1) is 0 Å². The number of amides is 1. The molecule has 0 aromatic heterocycles. The summed E-state index contributed by atoms with van der Waals surface area (Å²) in [5.74, 6) is -1.16. The number of aryl methyl sites for hydroxylation is 2. The monoisotopic (exact) mass is 249 g/mol. The van der Waals surface area contributed by atoms with Crippen molar-refractivity contribution < 1.29 is 14.7 Å². The van der Waals surface area contributed by atoms with Crippen LogP contribution in [0, 0.1) is 19.3 Å². The van der Waals surface area contributed by atoms with E-state index in [9.17, 15) is 9.59 Å². The summed E-state index contributed by atoms with van der Waals surface area (Å²) in [5, 5.41) is 11.6. The van der Waals surface area contributed by atoms with Crippen LogP contribution in [0.1, 0.15) is 35.3 Å². The first kappa shape index (κ1) is 14.2. The van der Waals surface area contributed by atoms with Gasteiger partial charge in [0.15, 0.2) is 0 Å². The molecule has 1 aromatic carbocycles. The molecule has 0 atom stereocenters. The van der Waals surface area contributed by atoms with E-state index in [2.05, 4.69) is 5.32 Å². The molecule has 2 N–H and O–H groups in total. The molecule has 0 heterocycles. The topological polar surface area (TPSA) is 66.4 Å². The number of carbonyl (C=O) groups excluding carboxylic acids is 1. The van der Waals surface area contributed by atoms with Gasteiger partial charge < -0.3 is 10.4 Å². The van der Waals surface area contributed by atoms with Crippen LogP contribution in [0.5, 0.6) is 0 Å². The fourth-order valence-corrected chi connectivity index (χ4v) is 1.45. The molecule has 0 aliphatic carbocycles. The minimum Gasteiger partial charge on any atom is -0.481 e. The molecule has 4 heteroatoms. The van der Waals surface area contributed by atoms with E-state index in [4.69, 9.17) is 5.11 Å². The van der Waals surface area contributed by atoms with Crippen molar-refractivity contribution in [3.8, 4) is 0 Å². The smallest absolute Gasteiger partial charge is 0.310 e. The molecular formula is C14H19NO3. The van der Waals surface area contributed by atoms with Gasteiger partial charge in [-0.25, -0.2) is 0 Å². The Labute approximate surface area is 107 Å². The number of nitrogens with one attached hydrogen (secondary N) is 1. The highest BCUT2D eigenvalue weighted by atomic mass is 16.4. The third-order valence-corrected chi connectivity index (χ3v) is 2.91. The molecule has 98 valence electrons. The summed E-state index contributed by atoms with van der Waals surface area (Å²) in [5.41, 5.74) is 1.51. The minimum absolute atomic E-state index is 0.106. The van der Waals surface area contributed by atoms with Gasteiger partial charge in [0.25, 0.3) is 5.91 Å². The maximum atomic E-state index is 12.0. The van der Waals surface area contributed by atoms with Crippen molar-refractivity contribution in [3.63, 3.8) is 0 Å². The first-order valence-corrected chi connectivity index (χ1v) is 5.83. The first-order chi connectivity index (χ1) is 8.24. The number of aliphatic carboxylic acids is 1. The zero-order chi connectivity index (χ0) is 13.9. The lowest BCUT2D eigenvalue weighted by Gasteiger charge is -2.19. The van der Waals surface area contributed by atoms with Crippen LogP contribution in [0.4, 0.5) is 0 Å². The molecule has 0 saturated carbocycles. The van der Waals surface area contributed by atoms with Gasteiger partial charge in [0, 0.05) is 12.1 Å². The summed E-state index contributed by atoms with van der Waals surface area (Å²) in [7, 11) is 0. The van der Waals surface area contributed by atoms with Crippen molar-refractivity contribution in [2.45, 2.75) is 27.7 Å². The lowest BCUT2D eigenvalue weighted by molar-refractivity contribution is -0.146. The molecule has 18 heavy (non-hydrogen) atoms. The highest BCUT2D eigenvalue weighted by molar-refractivity contribution is 5.96. The lowest BCUT2D eigenvalue weighted by Crippen LogP contribution is -2.39. The van der Waals surface area contributed by atoms with E-state index in [0.29, 0.717) is 5.56 Å². The van der Waals surface area contributed by atoms with Crippen molar-refractivity contribution in [2.24, 2.45) is 5.41 Å². The van der Waals surface area contributed by atoms with Crippen molar-refractivity contribution in [1.29, 1.82) is 0 Å². The molecule has 4 nitrogen and oxygen atoms in total. The maximum absolute atomic E-state index is 12.0. The summed E-state index contributed by atoms with van der Waals surface area (Å²) in [6.45, 7) is 7.04. The van der Waals surface area contributed by atoms with E-state index in [1.165, 1.54) is 0 Å². The number of hydrogen-bond acceptors (Lipinski definition) is 2. The lowest BCUT2D eigenvalue weighted by atomic mass is 9.93. The number of hydrogen-bond donors (Lipinski definition) is 2. The number of carboxylic acids is 1. The van der Waals surface area contributed by atoms with Crippen LogP contribution in [-0.4, -0.2) is 23.5 Å². The second kappa shape index (κ2) is 5.21. The Morgan fingerprint density at radius 2 is 1.89 bits per heavy atom. The summed E-state index contributed by atoms with van der Waals surface area (Å²) in [6.07, 6.45) is 0. The van der Waals surface area contributed by atoms with E-state index in [0.717, 1.165) is 11.1 Å². The SMILES string of the molecule is Cc1ccc(C)c(C(=O)NCC(C)(C)C(=O)O)c1. The molecule has 0 bridgehead atoms. The van der Waals surface area contributed by atoms with Crippen molar-refractivity contribution in [2.75, 3.05) is 6.54 Å². The van der Waals surface area contributed by atoms with Crippen LogP contribution in [0.15, 0.2) is 18.2 Å². The zero-order valence-corrected chi connectivity index (χ0v) is 11.2. The Morgan fingerprint density at radius 3 is 2.44 bits per heavy atom. The minimum atomic E-state index is -0.965. The van der Waals surface area contributed by atoms with Gasteiger partial charge in [0.1, 0.15) is 0 Å². The van der Waals surface area contributed by atoms with Crippen LogP contribution < -0.4 is 5.32 Å². The maximum Gasteiger partial charge on any atom is 0.310 e. The van der Waals surface area contributed by atoms with E-state index >= 15 is 0 Å². The van der Waals surface area contributed by atoms with Crippen molar-refractivity contribution in [1.82, 2.24) is 5.32 Å². The number of rotatable bonds is 4. The van der Waals surface area contributed by atoms with Crippen molar-refractivity contribution in [3.05, 3.63) is 34.9 Å². The largest absolute Gasteiger partial charge is 0.481 e. The molecule has 0 spiro atoms. The van der Waals surface area contributed by atoms with Crippen LogP contribution in [0.25, 0.3) is 0 Å². The molecule has 0 saturated heterocycles. The highest BCUT2D eigenvalue weighted by Gasteiger charge is 2.27. The Morgan fingerprint density at radius 1 is 1.28 bits per heavy atom. The summed E-state index contributed by atoms with van der Waals surface area (Å²) in [6, 6.07) is 5.62. The average Bonchev–Trinajstić information content (AvgIpc) is 2.29. The van der Waals surface area contributed by atoms with E-state index < -0.39 is 11.4 Å². The molecule has 1 rings (SSSR count). The third kappa shape index (κ3) is 3.32. The van der Waals surface area contributed by atoms with Gasteiger partial charge in [-0.05, 0) is 39.3 Å². The van der Waals surface area contributed by atoms with Crippen LogP contribution in [0.3, 0.4) is 0 Å². The number of benzene rings is 1. The standard InChI is InChI=1S/C14H19NO3/c1-9-5-6-10(2)11(7-9)12(16)15-8-14(3,4)13(17)18/h5-7H,8H2,1-4H3,(H,15,16)(H,17,18). The molecule has 1 aromatic rings. The molecule has 1 amide bonds. The third-order valence-electron chi connectivity index (χ3n) is 2.91.